The van der Waals surface area contributed by atoms with E-state index in [0.29, 0.717) is 18.0 Å². The standard InChI is InChI=1S/C17H17N3OS/c21-17-13-4-1-2-5-14(13)18-16(19-17)10-20-8-3-6-15(20)12-7-9-22-11-12/h1-2,4-5,7,9,11,15H,3,6,8,10H2,(H,18,19,21)/t15-/m1/s1. The van der Waals surface area contributed by atoms with Crippen LogP contribution in [0.3, 0.4) is 0 Å². The molecule has 0 amide bonds. The smallest absolute Gasteiger partial charge is 0.258 e. The van der Waals surface area contributed by atoms with E-state index in [4.69, 9.17) is 0 Å². The van der Waals surface area contributed by atoms with Crippen LogP contribution < -0.4 is 5.56 Å². The predicted molar refractivity (Wildman–Crippen MR) is 89.1 cm³/mol. The van der Waals surface area contributed by atoms with E-state index in [1.807, 2.05) is 24.3 Å². The summed E-state index contributed by atoms with van der Waals surface area (Å²) >= 11 is 1.74. The highest BCUT2D eigenvalue weighted by molar-refractivity contribution is 7.07. The molecule has 3 aromatic rings. The minimum absolute atomic E-state index is 0.0492. The van der Waals surface area contributed by atoms with Crippen LogP contribution in [0.25, 0.3) is 10.9 Å². The van der Waals surface area contributed by atoms with Crippen LogP contribution in [0.2, 0.25) is 0 Å². The average molecular weight is 311 g/mol. The maximum atomic E-state index is 12.2. The predicted octanol–water partition coefficient (Wildman–Crippen LogP) is 3.32. The van der Waals surface area contributed by atoms with Gasteiger partial charge in [-0.15, -0.1) is 0 Å². The maximum absolute atomic E-state index is 12.2. The first kappa shape index (κ1) is 13.7. The van der Waals surface area contributed by atoms with Gasteiger partial charge in [-0.1, -0.05) is 12.1 Å². The Bertz CT molecular complexity index is 840. The molecule has 0 saturated carbocycles. The highest BCUT2D eigenvalue weighted by Crippen LogP contribution is 2.33. The van der Waals surface area contributed by atoms with Crippen LogP contribution in [0.15, 0.2) is 45.9 Å². The third-order valence-corrected chi connectivity index (χ3v) is 5.01. The average Bonchev–Trinajstić information content (AvgIpc) is 3.18. The molecule has 3 heterocycles. The lowest BCUT2D eigenvalue weighted by molar-refractivity contribution is 0.243. The summed E-state index contributed by atoms with van der Waals surface area (Å²) in [5, 5.41) is 5.00. The Kier molecular flexibility index (Phi) is 3.52. The lowest BCUT2D eigenvalue weighted by atomic mass is 10.1. The number of benzene rings is 1. The molecule has 1 N–H and O–H groups in total. The molecule has 1 aliphatic rings. The lowest BCUT2D eigenvalue weighted by Crippen LogP contribution is -2.25. The van der Waals surface area contributed by atoms with E-state index < -0.39 is 0 Å². The van der Waals surface area contributed by atoms with Crippen molar-refractivity contribution < 1.29 is 0 Å². The molecule has 4 nitrogen and oxygen atoms in total. The fourth-order valence-corrected chi connectivity index (χ4v) is 3.97. The Morgan fingerprint density at radius 2 is 2.23 bits per heavy atom. The van der Waals surface area contributed by atoms with Crippen molar-refractivity contribution in [2.45, 2.75) is 25.4 Å². The van der Waals surface area contributed by atoms with E-state index in [1.54, 1.807) is 11.3 Å². The summed E-state index contributed by atoms with van der Waals surface area (Å²) in [5.74, 6) is 0.755. The molecule has 22 heavy (non-hydrogen) atoms. The Balaban J connectivity index is 1.64. The first-order valence-electron chi connectivity index (χ1n) is 7.55. The van der Waals surface area contributed by atoms with Crippen molar-refractivity contribution in [2.24, 2.45) is 0 Å². The van der Waals surface area contributed by atoms with Gasteiger partial charge in [0, 0.05) is 6.04 Å². The number of hydrogen-bond acceptors (Lipinski definition) is 4. The Morgan fingerprint density at radius 1 is 1.32 bits per heavy atom. The van der Waals surface area contributed by atoms with Gasteiger partial charge in [0.1, 0.15) is 5.82 Å². The van der Waals surface area contributed by atoms with Gasteiger partial charge < -0.3 is 4.98 Å². The number of thiophene rings is 1. The summed E-state index contributed by atoms with van der Waals surface area (Å²) in [4.78, 5) is 22.1. The SMILES string of the molecule is O=c1[nH]c(CN2CCC[C@@H]2c2ccsc2)nc2ccccc12. The van der Waals surface area contributed by atoms with Crippen LogP contribution in [-0.2, 0) is 6.54 Å². The van der Waals surface area contributed by atoms with Gasteiger partial charge in [0.25, 0.3) is 5.56 Å². The molecule has 112 valence electrons. The summed E-state index contributed by atoms with van der Waals surface area (Å²) in [6.45, 7) is 1.75. The van der Waals surface area contributed by atoms with E-state index in [9.17, 15) is 4.79 Å². The van der Waals surface area contributed by atoms with E-state index >= 15 is 0 Å². The molecule has 0 unspecified atom stereocenters. The van der Waals surface area contributed by atoms with Gasteiger partial charge in [0.2, 0.25) is 0 Å². The number of fused-ring (bicyclic) bond motifs is 1. The topological polar surface area (TPSA) is 49.0 Å². The molecule has 0 bridgehead atoms. The van der Waals surface area contributed by atoms with Crippen molar-refractivity contribution in [3.63, 3.8) is 0 Å². The van der Waals surface area contributed by atoms with Gasteiger partial charge in [0.05, 0.1) is 17.4 Å². The molecule has 0 aliphatic carbocycles. The summed E-state index contributed by atoms with van der Waals surface area (Å²) in [5.41, 5.74) is 2.10. The first-order valence-corrected chi connectivity index (χ1v) is 8.49. The number of aromatic nitrogens is 2. The second kappa shape index (κ2) is 5.66. The van der Waals surface area contributed by atoms with Crippen LogP contribution in [0.1, 0.15) is 30.3 Å². The minimum Gasteiger partial charge on any atom is -0.309 e. The van der Waals surface area contributed by atoms with E-state index in [1.165, 1.54) is 18.4 Å². The number of H-pyrrole nitrogens is 1. The number of nitrogens with one attached hydrogen (secondary N) is 1. The van der Waals surface area contributed by atoms with Crippen molar-refractivity contribution in [2.75, 3.05) is 6.54 Å². The van der Waals surface area contributed by atoms with Crippen LogP contribution >= 0.6 is 11.3 Å². The van der Waals surface area contributed by atoms with Crippen LogP contribution in [0, 0.1) is 0 Å². The summed E-state index contributed by atoms with van der Waals surface area (Å²) in [6.07, 6.45) is 2.37. The molecule has 0 spiro atoms. The number of para-hydroxylation sites is 1. The monoisotopic (exact) mass is 311 g/mol. The molecule has 0 radical (unpaired) electrons. The Morgan fingerprint density at radius 3 is 3.09 bits per heavy atom. The van der Waals surface area contributed by atoms with Gasteiger partial charge >= 0.3 is 0 Å². The molecule has 1 fully saturated rings. The maximum Gasteiger partial charge on any atom is 0.258 e. The third-order valence-electron chi connectivity index (χ3n) is 4.31. The van der Waals surface area contributed by atoms with Crippen molar-refractivity contribution in [3.05, 3.63) is 62.8 Å². The number of hydrogen-bond donors (Lipinski definition) is 1. The van der Waals surface area contributed by atoms with Crippen LogP contribution in [0.4, 0.5) is 0 Å². The Hall–Kier alpha value is -1.98. The quantitative estimate of drug-likeness (QED) is 0.807. The Labute approximate surface area is 132 Å². The largest absolute Gasteiger partial charge is 0.309 e. The van der Waals surface area contributed by atoms with E-state index in [-0.39, 0.29) is 5.56 Å². The van der Waals surface area contributed by atoms with Gasteiger partial charge in [0.15, 0.2) is 0 Å². The second-order valence-electron chi connectivity index (χ2n) is 5.71. The minimum atomic E-state index is -0.0492. The second-order valence-corrected chi connectivity index (χ2v) is 6.49. The number of rotatable bonds is 3. The van der Waals surface area contributed by atoms with Crippen molar-refractivity contribution >= 4 is 22.2 Å². The zero-order chi connectivity index (χ0) is 14.9. The summed E-state index contributed by atoms with van der Waals surface area (Å²) in [6, 6.07) is 10.1. The number of nitrogens with zero attached hydrogens (tertiary/aromatic N) is 2. The molecular weight excluding hydrogens is 294 g/mol. The summed E-state index contributed by atoms with van der Waals surface area (Å²) in [7, 11) is 0. The van der Waals surface area contributed by atoms with Gasteiger partial charge in [-0.25, -0.2) is 4.98 Å². The fourth-order valence-electron chi connectivity index (χ4n) is 3.26. The fraction of sp³-hybridized carbons (Fsp3) is 0.294. The van der Waals surface area contributed by atoms with E-state index in [0.717, 1.165) is 17.9 Å². The molecule has 2 aromatic heterocycles. The number of likely N-dealkylation sites (tertiary alicyclic amines) is 1. The van der Waals surface area contributed by atoms with Crippen molar-refractivity contribution in [3.8, 4) is 0 Å². The molecule has 1 aromatic carbocycles. The molecule has 1 saturated heterocycles. The molecule has 5 heteroatoms. The summed E-state index contributed by atoms with van der Waals surface area (Å²) < 4.78 is 0. The number of aromatic amines is 1. The molecule has 1 atom stereocenters. The van der Waals surface area contributed by atoms with Crippen LogP contribution in [0.5, 0.6) is 0 Å². The molecule has 1 aliphatic heterocycles. The lowest BCUT2D eigenvalue weighted by Gasteiger charge is -2.23. The zero-order valence-electron chi connectivity index (χ0n) is 12.2. The van der Waals surface area contributed by atoms with Crippen LogP contribution in [-0.4, -0.2) is 21.4 Å². The van der Waals surface area contributed by atoms with Gasteiger partial charge in [-0.2, -0.15) is 11.3 Å². The third kappa shape index (κ3) is 2.46. The highest BCUT2D eigenvalue weighted by Gasteiger charge is 2.26. The normalized spacial score (nSPS) is 19.0. The molecule has 4 rings (SSSR count). The first-order chi connectivity index (χ1) is 10.8. The van der Waals surface area contributed by atoms with Crippen molar-refractivity contribution in [1.29, 1.82) is 0 Å². The van der Waals surface area contributed by atoms with E-state index in [2.05, 4.69) is 31.7 Å². The van der Waals surface area contributed by atoms with Gasteiger partial charge in [-0.3, -0.25) is 9.69 Å². The van der Waals surface area contributed by atoms with Crippen molar-refractivity contribution in [1.82, 2.24) is 14.9 Å². The zero-order valence-corrected chi connectivity index (χ0v) is 13.0. The van der Waals surface area contributed by atoms with Gasteiger partial charge in [-0.05, 0) is 53.9 Å². The highest BCUT2D eigenvalue weighted by atomic mass is 32.1. The molecular formula is C17H17N3OS.